The summed E-state index contributed by atoms with van der Waals surface area (Å²) in [7, 11) is 0. The van der Waals surface area contributed by atoms with Crippen molar-refractivity contribution in [1.29, 1.82) is 0 Å². The maximum atomic E-state index is 13.2. The Morgan fingerprint density at radius 1 is 0.909 bits per heavy atom. The molecule has 4 aromatic rings. The Bertz CT molecular complexity index is 1370. The molecule has 6 heteroatoms. The molecule has 0 spiro atoms. The van der Waals surface area contributed by atoms with E-state index in [1.807, 2.05) is 60.7 Å². The fourth-order valence-corrected chi connectivity index (χ4v) is 4.66. The van der Waals surface area contributed by atoms with Gasteiger partial charge in [-0.05, 0) is 49.7 Å². The molecule has 1 aliphatic rings. The van der Waals surface area contributed by atoms with Crippen molar-refractivity contribution in [3.05, 3.63) is 84.9 Å². The smallest absolute Gasteiger partial charge is 0.322 e. The first-order valence-electron chi connectivity index (χ1n) is 11.2. The molecule has 3 amide bonds. The van der Waals surface area contributed by atoms with Crippen LogP contribution in [0.4, 0.5) is 16.2 Å². The number of benzene rings is 3. The quantitative estimate of drug-likeness (QED) is 0.407. The third-order valence-electron chi connectivity index (χ3n) is 6.20. The number of para-hydroxylation sites is 2. The average molecular weight is 439 g/mol. The van der Waals surface area contributed by atoms with Gasteiger partial charge in [0.2, 0.25) is 5.91 Å². The van der Waals surface area contributed by atoms with Crippen molar-refractivity contribution in [2.75, 3.05) is 17.2 Å². The van der Waals surface area contributed by atoms with E-state index in [0.717, 1.165) is 28.4 Å². The standard InChI is InChI=1S/C27H26N4O2/c1-3-30-23-12-8-7-11-21(23)22-16-20(13-14-24(22)30)28-26(32)25-15-18(2)17-31(25)27(33)29-19-9-5-4-6-10-19/h4-14,16,25H,2-3,15,17H2,1H3,(H,28,32)(H,29,33). The number of nitrogens with zero attached hydrogens (tertiary/aromatic N) is 2. The van der Waals surface area contributed by atoms with Crippen LogP contribution in [0, 0.1) is 0 Å². The SMILES string of the molecule is C=C1CC(C(=O)Nc2ccc3c(c2)c2ccccc2n3CC)N(C(=O)Nc2ccccc2)C1. The highest BCUT2D eigenvalue weighted by Crippen LogP contribution is 2.31. The third kappa shape index (κ3) is 3.84. The van der Waals surface area contributed by atoms with Crippen LogP contribution in [0.3, 0.4) is 0 Å². The van der Waals surface area contributed by atoms with Crippen LogP contribution < -0.4 is 10.6 Å². The molecule has 0 bridgehead atoms. The zero-order chi connectivity index (χ0) is 22.9. The second-order valence-electron chi connectivity index (χ2n) is 8.38. The molecule has 1 saturated heterocycles. The van der Waals surface area contributed by atoms with E-state index in [9.17, 15) is 9.59 Å². The number of anilines is 2. The number of carbonyl (C=O) groups is 2. The van der Waals surface area contributed by atoms with Crippen molar-refractivity contribution in [3.8, 4) is 0 Å². The molecule has 1 fully saturated rings. The second kappa shape index (κ2) is 8.47. The van der Waals surface area contributed by atoms with Crippen molar-refractivity contribution in [2.45, 2.75) is 25.9 Å². The van der Waals surface area contributed by atoms with Gasteiger partial charge in [-0.15, -0.1) is 0 Å². The molecular formula is C27H26N4O2. The summed E-state index contributed by atoms with van der Waals surface area (Å²) < 4.78 is 2.27. The number of aryl methyl sites for hydroxylation is 1. The van der Waals surface area contributed by atoms with Crippen molar-refractivity contribution in [1.82, 2.24) is 9.47 Å². The number of fused-ring (bicyclic) bond motifs is 3. The van der Waals surface area contributed by atoms with Crippen LogP contribution in [0.15, 0.2) is 84.9 Å². The molecule has 1 atom stereocenters. The molecule has 33 heavy (non-hydrogen) atoms. The lowest BCUT2D eigenvalue weighted by Gasteiger charge is -2.24. The van der Waals surface area contributed by atoms with Crippen LogP contribution >= 0.6 is 0 Å². The monoisotopic (exact) mass is 438 g/mol. The van der Waals surface area contributed by atoms with Crippen molar-refractivity contribution < 1.29 is 9.59 Å². The maximum Gasteiger partial charge on any atom is 0.322 e. The van der Waals surface area contributed by atoms with E-state index in [1.54, 1.807) is 4.90 Å². The van der Waals surface area contributed by atoms with E-state index >= 15 is 0 Å². The molecule has 166 valence electrons. The van der Waals surface area contributed by atoms with E-state index in [0.29, 0.717) is 24.3 Å². The lowest BCUT2D eigenvalue weighted by atomic mass is 10.1. The summed E-state index contributed by atoms with van der Waals surface area (Å²) in [5, 5.41) is 8.15. The Morgan fingerprint density at radius 3 is 2.42 bits per heavy atom. The van der Waals surface area contributed by atoms with Crippen molar-refractivity contribution in [2.24, 2.45) is 0 Å². The van der Waals surface area contributed by atoms with E-state index in [1.165, 1.54) is 5.52 Å². The molecule has 0 radical (unpaired) electrons. The number of hydrogen-bond donors (Lipinski definition) is 2. The summed E-state index contributed by atoms with van der Waals surface area (Å²) in [6, 6.07) is 22.6. The van der Waals surface area contributed by atoms with Gasteiger partial charge >= 0.3 is 6.03 Å². The molecule has 3 aromatic carbocycles. The van der Waals surface area contributed by atoms with Crippen LogP contribution in [0.2, 0.25) is 0 Å². The Labute approximate surface area is 192 Å². The molecule has 1 unspecified atom stereocenters. The Kier molecular flexibility index (Phi) is 5.34. The zero-order valence-corrected chi connectivity index (χ0v) is 18.5. The topological polar surface area (TPSA) is 66.4 Å². The van der Waals surface area contributed by atoms with Gasteiger partial charge in [-0.25, -0.2) is 4.79 Å². The van der Waals surface area contributed by atoms with Gasteiger partial charge in [0, 0.05) is 46.3 Å². The lowest BCUT2D eigenvalue weighted by molar-refractivity contribution is -0.119. The van der Waals surface area contributed by atoms with Crippen molar-refractivity contribution in [3.63, 3.8) is 0 Å². The van der Waals surface area contributed by atoms with Crippen LogP contribution in [-0.4, -0.2) is 34.0 Å². The Morgan fingerprint density at radius 2 is 1.64 bits per heavy atom. The lowest BCUT2D eigenvalue weighted by Crippen LogP contribution is -2.45. The summed E-state index contributed by atoms with van der Waals surface area (Å²) in [6.45, 7) is 7.37. The summed E-state index contributed by atoms with van der Waals surface area (Å²) in [4.78, 5) is 27.6. The van der Waals surface area contributed by atoms with Gasteiger partial charge in [0.25, 0.3) is 0 Å². The molecule has 1 aromatic heterocycles. The van der Waals surface area contributed by atoms with Crippen LogP contribution in [0.1, 0.15) is 13.3 Å². The number of urea groups is 1. The fraction of sp³-hybridized carbons (Fsp3) is 0.185. The number of nitrogens with one attached hydrogen (secondary N) is 2. The molecular weight excluding hydrogens is 412 g/mol. The van der Waals surface area contributed by atoms with Crippen molar-refractivity contribution >= 4 is 45.1 Å². The van der Waals surface area contributed by atoms with Gasteiger partial charge in [0.15, 0.2) is 0 Å². The van der Waals surface area contributed by atoms with E-state index in [2.05, 4.69) is 40.8 Å². The molecule has 1 aliphatic heterocycles. The first-order valence-corrected chi connectivity index (χ1v) is 11.2. The number of hydrogen-bond acceptors (Lipinski definition) is 2. The van der Waals surface area contributed by atoms with Crippen LogP contribution in [-0.2, 0) is 11.3 Å². The van der Waals surface area contributed by atoms with Gasteiger partial charge in [-0.3, -0.25) is 4.79 Å². The first kappa shape index (κ1) is 20.8. The summed E-state index contributed by atoms with van der Waals surface area (Å²) in [5.41, 5.74) is 4.58. The predicted octanol–water partition coefficient (Wildman–Crippen LogP) is 5.62. The first-order chi connectivity index (χ1) is 16.0. The van der Waals surface area contributed by atoms with E-state index in [-0.39, 0.29) is 11.9 Å². The highest BCUT2D eigenvalue weighted by Gasteiger charge is 2.36. The summed E-state index contributed by atoms with van der Waals surface area (Å²) in [5.74, 6) is -0.213. The maximum absolute atomic E-state index is 13.2. The normalized spacial score (nSPS) is 15.8. The Balaban J connectivity index is 1.39. The molecule has 6 nitrogen and oxygen atoms in total. The highest BCUT2D eigenvalue weighted by molar-refractivity contribution is 6.10. The molecule has 0 saturated carbocycles. The van der Waals surface area contributed by atoms with Gasteiger partial charge in [0.05, 0.1) is 0 Å². The number of aromatic nitrogens is 1. The minimum absolute atomic E-state index is 0.213. The van der Waals surface area contributed by atoms with Gasteiger partial charge in [-0.1, -0.05) is 48.6 Å². The molecule has 5 rings (SSSR count). The van der Waals surface area contributed by atoms with Gasteiger partial charge in [0.1, 0.15) is 6.04 Å². The van der Waals surface area contributed by atoms with E-state index in [4.69, 9.17) is 0 Å². The average Bonchev–Trinajstić information content (AvgIpc) is 3.37. The Hall–Kier alpha value is -4.06. The summed E-state index contributed by atoms with van der Waals surface area (Å²) >= 11 is 0. The molecule has 2 heterocycles. The van der Waals surface area contributed by atoms with E-state index < -0.39 is 6.04 Å². The minimum atomic E-state index is -0.603. The third-order valence-corrected chi connectivity index (χ3v) is 6.20. The van der Waals surface area contributed by atoms with Gasteiger partial charge < -0.3 is 20.1 Å². The number of amides is 3. The number of rotatable bonds is 4. The fourth-order valence-electron chi connectivity index (χ4n) is 4.66. The predicted molar refractivity (Wildman–Crippen MR) is 133 cm³/mol. The summed E-state index contributed by atoms with van der Waals surface area (Å²) in [6.07, 6.45) is 0.450. The molecule has 2 N–H and O–H groups in total. The zero-order valence-electron chi connectivity index (χ0n) is 18.5. The second-order valence-corrected chi connectivity index (χ2v) is 8.38. The number of likely N-dealkylation sites (tertiary alicyclic amines) is 1. The highest BCUT2D eigenvalue weighted by atomic mass is 16.2. The number of carbonyl (C=O) groups excluding carboxylic acids is 2. The largest absolute Gasteiger partial charge is 0.341 e. The van der Waals surface area contributed by atoms with Crippen LogP contribution in [0.5, 0.6) is 0 Å². The van der Waals surface area contributed by atoms with Gasteiger partial charge in [-0.2, -0.15) is 0 Å². The van der Waals surface area contributed by atoms with Crippen LogP contribution in [0.25, 0.3) is 21.8 Å². The molecule has 0 aliphatic carbocycles. The minimum Gasteiger partial charge on any atom is -0.341 e.